The van der Waals surface area contributed by atoms with Crippen molar-refractivity contribution in [2.45, 2.75) is 38.1 Å². The zero-order valence-corrected chi connectivity index (χ0v) is 10.4. The summed E-state index contributed by atoms with van der Waals surface area (Å²) >= 11 is 0. The molecule has 2 atom stereocenters. The number of nitrogens with zero attached hydrogens (tertiary/aromatic N) is 2. The van der Waals surface area contributed by atoms with Gasteiger partial charge in [-0.05, 0) is 30.9 Å². The van der Waals surface area contributed by atoms with Crippen molar-refractivity contribution in [1.82, 2.24) is 10.1 Å². The molecule has 5 heteroatoms. The van der Waals surface area contributed by atoms with Crippen LogP contribution < -0.4 is 5.73 Å². The summed E-state index contributed by atoms with van der Waals surface area (Å²) < 4.78 is 10.6. The third-order valence-electron chi connectivity index (χ3n) is 3.63. The number of nitrogens with two attached hydrogens (primary N) is 1. The Morgan fingerprint density at radius 3 is 3.11 bits per heavy atom. The van der Waals surface area contributed by atoms with Gasteiger partial charge in [-0.25, -0.2) is 0 Å². The van der Waals surface area contributed by atoms with Crippen molar-refractivity contribution in [2.24, 2.45) is 11.7 Å². The van der Waals surface area contributed by atoms with Gasteiger partial charge in [-0.3, -0.25) is 0 Å². The van der Waals surface area contributed by atoms with E-state index in [4.69, 9.17) is 14.7 Å². The minimum atomic E-state index is -0.477. The molecule has 5 nitrogen and oxygen atoms in total. The quantitative estimate of drug-likeness (QED) is 0.882. The minimum absolute atomic E-state index is 0.470. The van der Waals surface area contributed by atoms with E-state index in [1.807, 2.05) is 0 Å². The largest absolute Gasteiger partial charge is 0.461 e. The lowest BCUT2D eigenvalue weighted by atomic mass is 9.77. The topological polar surface area (TPSA) is 78.1 Å². The van der Waals surface area contributed by atoms with Crippen molar-refractivity contribution in [3.05, 3.63) is 24.3 Å². The Hall–Kier alpha value is -1.62. The highest BCUT2D eigenvalue weighted by Gasteiger charge is 2.38. The summed E-state index contributed by atoms with van der Waals surface area (Å²) in [4.78, 5) is 4.39. The van der Waals surface area contributed by atoms with E-state index in [-0.39, 0.29) is 0 Å². The molecule has 1 aliphatic rings. The molecule has 0 aliphatic heterocycles. The lowest BCUT2D eigenvalue weighted by Crippen LogP contribution is -2.41. The first-order valence-corrected chi connectivity index (χ1v) is 6.34. The number of hydrogen-bond acceptors (Lipinski definition) is 5. The van der Waals surface area contributed by atoms with Crippen LogP contribution in [0.4, 0.5) is 0 Å². The second kappa shape index (κ2) is 4.24. The van der Waals surface area contributed by atoms with Crippen LogP contribution in [0.1, 0.15) is 38.5 Å². The fourth-order valence-electron chi connectivity index (χ4n) is 2.72. The Bertz CT molecular complexity index is 520. The molecule has 0 bridgehead atoms. The maximum atomic E-state index is 6.41. The Kier molecular flexibility index (Phi) is 2.70. The average molecular weight is 247 g/mol. The Labute approximate surface area is 105 Å². The van der Waals surface area contributed by atoms with Crippen molar-refractivity contribution in [1.29, 1.82) is 0 Å². The summed E-state index contributed by atoms with van der Waals surface area (Å²) in [7, 11) is 0. The first-order chi connectivity index (χ1) is 8.67. The molecule has 2 heterocycles. The molecule has 2 aromatic rings. The average Bonchev–Trinajstić information content (AvgIpc) is 3.00. The molecule has 2 aromatic heterocycles. The first kappa shape index (κ1) is 11.5. The zero-order valence-electron chi connectivity index (χ0n) is 10.4. The van der Waals surface area contributed by atoms with Gasteiger partial charge >= 0.3 is 0 Å². The van der Waals surface area contributed by atoms with Crippen molar-refractivity contribution in [3.8, 4) is 11.6 Å². The second-order valence-corrected chi connectivity index (χ2v) is 5.26. The van der Waals surface area contributed by atoms with Gasteiger partial charge in [0.2, 0.25) is 11.7 Å². The van der Waals surface area contributed by atoms with E-state index < -0.39 is 5.54 Å². The Balaban J connectivity index is 1.88. The van der Waals surface area contributed by atoms with Crippen LogP contribution in [0.2, 0.25) is 0 Å². The molecule has 0 radical (unpaired) electrons. The minimum Gasteiger partial charge on any atom is -0.461 e. The molecule has 0 spiro atoms. The highest BCUT2D eigenvalue weighted by molar-refractivity contribution is 5.44. The van der Waals surface area contributed by atoms with Crippen LogP contribution in [0, 0.1) is 5.92 Å². The van der Waals surface area contributed by atoms with E-state index in [9.17, 15) is 0 Å². The van der Waals surface area contributed by atoms with E-state index in [1.54, 1.807) is 18.4 Å². The van der Waals surface area contributed by atoms with Gasteiger partial charge in [-0.2, -0.15) is 4.98 Å². The highest BCUT2D eigenvalue weighted by Crippen LogP contribution is 2.37. The normalized spacial score (nSPS) is 28.4. The fraction of sp³-hybridized carbons (Fsp3) is 0.538. The molecule has 1 aliphatic carbocycles. The molecule has 2 N–H and O–H groups in total. The van der Waals surface area contributed by atoms with Crippen molar-refractivity contribution in [3.63, 3.8) is 0 Å². The van der Waals surface area contributed by atoms with Crippen LogP contribution in [-0.2, 0) is 5.54 Å². The summed E-state index contributed by atoms with van der Waals surface area (Å²) in [5.74, 6) is 2.21. The summed E-state index contributed by atoms with van der Waals surface area (Å²) in [6, 6.07) is 3.60. The molecule has 2 unspecified atom stereocenters. The van der Waals surface area contributed by atoms with Crippen LogP contribution in [-0.4, -0.2) is 10.1 Å². The molecular weight excluding hydrogens is 230 g/mol. The summed E-state index contributed by atoms with van der Waals surface area (Å²) in [6.45, 7) is 2.21. The van der Waals surface area contributed by atoms with E-state index >= 15 is 0 Å². The van der Waals surface area contributed by atoms with Crippen LogP contribution in [0.5, 0.6) is 0 Å². The fourth-order valence-corrected chi connectivity index (χ4v) is 2.72. The van der Waals surface area contributed by atoms with Crippen LogP contribution in [0.3, 0.4) is 0 Å². The smallest absolute Gasteiger partial charge is 0.247 e. The number of furan rings is 1. The van der Waals surface area contributed by atoms with Crippen molar-refractivity contribution >= 4 is 0 Å². The molecule has 0 saturated heterocycles. The van der Waals surface area contributed by atoms with Gasteiger partial charge in [0.05, 0.1) is 11.8 Å². The number of aromatic nitrogens is 2. The van der Waals surface area contributed by atoms with E-state index in [0.29, 0.717) is 23.4 Å². The zero-order chi connectivity index (χ0) is 12.6. The standard InChI is InChI=1S/C13H17N3O2/c1-9-4-2-6-13(14,8-9)12-15-11(16-18-12)10-5-3-7-17-10/h3,5,7,9H,2,4,6,8,14H2,1H3. The molecule has 96 valence electrons. The molecule has 18 heavy (non-hydrogen) atoms. The second-order valence-electron chi connectivity index (χ2n) is 5.26. The molecule has 1 fully saturated rings. The van der Waals surface area contributed by atoms with Gasteiger partial charge in [0.25, 0.3) is 0 Å². The molecule has 0 amide bonds. The predicted molar refractivity (Wildman–Crippen MR) is 65.5 cm³/mol. The molecular formula is C13H17N3O2. The van der Waals surface area contributed by atoms with Gasteiger partial charge in [0.15, 0.2) is 5.76 Å². The number of rotatable bonds is 2. The Morgan fingerprint density at radius 1 is 1.50 bits per heavy atom. The lowest BCUT2D eigenvalue weighted by molar-refractivity contribution is 0.183. The third-order valence-corrected chi connectivity index (χ3v) is 3.63. The van der Waals surface area contributed by atoms with Gasteiger partial charge in [0.1, 0.15) is 0 Å². The van der Waals surface area contributed by atoms with Crippen LogP contribution in [0.15, 0.2) is 27.3 Å². The lowest BCUT2D eigenvalue weighted by Gasteiger charge is -2.33. The van der Waals surface area contributed by atoms with Crippen molar-refractivity contribution in [2.75, 3.05) is 0 Å². The summed E-state index contributed by atoms with van der Waals surface area (Å²) in [6.07, 6.45) is 5.71. The van der Waals surface area contributed by atoms with E-state index in [0.717, 1.165) is 19.3 Å². The first-order valence-electron chi connectivity index (χ1n) is 6.34. The van der Waals surface area contributed by atoms with Crippen LogP contribution >= 0.6 is 0 Å². The third kappa shape index (κ3) is 1.95. The molecule has 3 rings (SSSR count). The van der Waals surface area contributed by atoms with Crippen LogP contribution in [0.25, 0.3) is 11.6 Å². The Morgan fingerprint density at radius 2 is 2.39 bits per heavy atom. The predicted octanol–water partition coefficient (Wildman–Crippen LogP) is 2.69. The maximum Gasteiger partial charge on any atom is 0.247 e. The maximum absolute atomic E-state index is 6.41. The van der Waals surface area contributed by atoms with E-state index in [2.05, 4.69) is 17.1 Å². The van der Waals surface area contributed by atoms with Gasteiger partial charge in [-0.15, -0.1) is 0 Å². The van der Waals surface area contributed by atoms with Crippen molar-refractivity contribution < 1.29 is 8.94 Å². The number of hydrogen-bond donors (Lipinski definition) is 1. The summed E-state index contributed by atoms with van der Waals surface area (Å²) in [5.41, 5.74) is 5.93. The van der Waals surface area contributed by atoms with Gasteiger partial charge < -0.3 is 14.7 Å². The highest BCUT2D eigenvalue weighted by atomic mass is 16.5. The SMILES string of the molecule is CC1CCCC(N)(c2nc(-c3ccco3)no2)C1. The molecule has 1 saturated carbocycles. The monoisotopic (exact) mass is 247 g/mol. The van der Waals surface area contributed by atoms with Gasteiger partial charge in [-0.1, -0.05) is 24.9 Å². The van der Waals surface area contributed by atoms with E-state index in [1.165, 1.54) is 6.42 Å². The van der Waals surface area contributed by atoms with Gasteiger partial charge in [0, 0.05) is 0 Å². The molecule has 0 aromatic carbocycles. The summed E-state index contributed by atoms with van der Waals surface area (Å²) in [5, 5.41) is 3.94.